The Morgan fingerprint density at radius 2 is 1.40 bits per heavy atom. The van der Waals surface area contributed by atoms with Crippen molar-refractivity contribution in [1.29, 1.82) is 0 Å². The van der Waals surface area contributed by atoms with Crippen LogP contribution in [0.2, 0.25) is 0 Å². The Bertz CT molecular complexity index is 1200. The number of rotatable bonds is 11. The van der Waals surface area contributed by atoms with Crippen molar-refractivity contribution >= 4 is 29.8 Å². The number of carbonyl (C=O) groups excluding carboxylic acids is 5. The first-order valence-electron chi connectivity index (χ1n) is 10.4. The van der Waals surface area contributed by atoms with Crippen LogP contribution in [-0.2, 0) is 40.4 Å². The Balaban J connectivity index is 1.27. The molecule has 0 fully saturated rings. The third-order valence-electron chi connectivity index (χ3n) is 4.87. The monoisotopic (exact) mass is 486 g/mol. The second-order valence-corrected chi connectivity index (χ2v) is 7.26. The second-order valence-electron chi connectivity index (χ2n) is 7.26. The largest absolute Gasteiger partial charge is 0.459 e. The summed E-state index contributed by atoms with van der Waals surface area (Å²) in [5.41, 5.74) is 0.964. The van der Waals surface area contributed by atoms with Crippen molar-refractivity contribution in [2.45, 2.75) is 19.6 Å². The molecule has 2 aliphatic heterocycles. The molecule has 4 rings (SSSR count). The molecule has 0 aliphatic carbocycles. The van der Waals surface area contributed by atoms with Gasteiger partial charge in [0.25, 0.3) is 0 Å². The maximum atomic E-state index is 12.4. The Hall–Kier alpha value is -3.97. The van der Waals surface area contributed by atoms with Gasteiger partial charge in [0.1, 0.15) is 19.8 Å². The zero-order chi connectivity index (χ0) is 24.9. The fourth-order valence-corrected chi connectivity index (χ4v) is 3.19. The molecule has 1 atom stereocenters. The van der Waals surface area contributed by atoms with Crippen LogP contribution in [0.4, 0.5) is 0 Å². The lowest BCUT2D eigenvalue weighted by atomic mass is 10.1. The summed E-state index contributed by atoms with van der Waals surface area (Å²) in [5, 5.41) is 0. The predicted molar refractivity (Wildman–Crippen MR) is 110 cm³/mol. The molecule has 35 heavy (non-hydrogen) atoms. The Labute approximate surface area is 197 Å². The fraction of sp³-hybridized carbons (Fsp3) is 0.261. The number of hydrogen-bond donors (Lipinski definition) is 0. The number of benzene rings is 2. The molecule has 0 amide bonds. The number of ether oxygens (including phenoxy) is 3. The molecule has 0 spiro atoms. The minimum absolute atomic E-state index is 0.0208. The van der Waals surface area contributed by atoms with Crippen LogP contribution in [0.25, 0.3) is 0 Å². The highest BCUT2D eigenvalue weighted by Gasteiger charge is 2.31. The first-order valence-corrected chi connectivity index (χ1v) is 10.4. The summed E-state index contributed by atoms with van der Waals surface area (Å²) in [5.74, 6) is -3.82. The van der Waals surface area contributed by atoms with E-state index in [0.29, 0.717) is 5.56 Å². The molecule has 2 aliphatic rings. The van der Waals surface area contributed by atoms with Gasteiger partial charge >= 0.3 is 29.8 Å². The summed E-state index contributed by atoms with van der Waals surface area (Å²) >= 11 is 0. The van der Waals surface area contributed by atoms with Crippen molar-refractivity contribution in [3.63, 3.8) is 0 Å². The average molecular weight is 486 g/mol. The maximum absolute atomic E-state index is 12.4. The molecule has 0 N–H and O–H groups in total. The molecule has 0 saturated carbocycles. The first-order chi connectivity index (χ1) is 16.9. The van der Waals surface area contributed by atoms with Gasteiger partial charge in [-0.05, 0) is 42.8 Å². The third kappa shape index (κ3) is 5.41. The van der Waals surface area contributed by atoms with Gasteiger partial charge in [-0.3, -0.25) is 0 Å². The zero-order valence-electron chi connectivity index (χ0n) is 18.3. The van der Waals surface area contributed by atoms with Crippen LogP contribution in [-0.4, -0.2) is 55.8 Å². The van der Waals surface area contributed by atoms with E-state index in [0.717, 1.165) is 0 Å². The topological polar surface area (TPSA) is 150 Å². The van der Waals surface area contributed by atoms with Gasteiger partial charge in [-0.25, -0.2) is 43.5 Å². The van der Waals surface area contributed by atoms with Crippen LogP contribution < -0.4 is 0 Å². The second kappa shape index (κ2) is 10.5. The van der Waals surface area contributed by atoms with Crippen LogP contribution >= 0.6 is 0 Å². The molecule has 0 saturated heterocycles. The Morgan fingerprint density at radius 3 is 2.09 bits per heavy atom. The van der Waals surface area contributed by atoms with E-state index in [1.165, 1.54) is 30.3 Å². The van der Waals surface area contributed by atoms with E-state index in [1.807, 2.05) is 0 Å². The zero-order valence-corrected chi connectivity index (χ0v) is 18.3. The SMILES string of the molecule is CCOOC(COOCc1ccc2c(c1)C(=O)OC2=O)COC(=O)c1ccc2c(c1)C(=O)OC2=O. The highest BCUT2D eigenvalue weighted by molar-refractivity contribution is 6.16. The molecule has 2 aromatic carbocycles. The predicted octanol–water partition coefficient (Wildman–Crippen LogP) is 1.95. The number of hydrogen-bond acceptors (Lipinski definition) is 12. The highest BCUT2D eigenvalue weighted by Crippen LogP contribution is 2.22. The van der Waals surface area contributed by atoms with E-state index >= 15 is 0 Å². The van der Waals surface area contributed by atoms with Crippen molar-refractivity contribution in [2.75, 3.05) is 19.8 Å². The highest BCUT2D eigenvalue weighted by atomic mass is 17.2. The van der Waals surface area contributed by atoms with E-state index in [2.05, 4.69) is 9.47 Å². The maximum Gasteiger partial charge on any atom is 0.346 e. The van der Waals surface area contributed by atoms with Crippen molar-refractivity contribution in [2.24, 2.45) is 0 Å². The van der Waals surface area contributed by atoms with Crippen LogP contribution in [0.1, 0.15) is 64.3 Å². The summed E-state index contributed by atoms with van der Waals surface area (Å²) in [6, 6.07) is 8.34. The molecule has 12 heteroatoms. The van der Waals surface area contributed by atoms with E-state index in [4.69, 9.17) is 24.3 Å². The van der Waals surface area contributed by atoms with Crippen LogP contribution in [0.15, 0.2) is 36.4 Å². The van der Waals surface area contributed by atoms with Gasteiger partial charge in [-0.1, -0.05) is 6.07 Å². The average Bonchev–Trinajstić information content (AvgIpc) is 3.30. The van der Waals surface area contributed by atoms with Crippen molar-refractivity contribution < 1.29 is 57.7 Å². The molecule has 0 bridgehead atoms. The molecule has 1 unspecified atom stereocenters. The van der Waals surface area contributed by atoms with Gasteiger partial charge in [0.05, 0.1) is 34.4 Å². The lowest BCUT2D eigenvalue weighted by molar-refractivity contribution is -0.371. The van der Waals surface area contributed by atoms with Crippen molar-refractivity contribution in [3.8, 4) is 0 Å². The van der Waals surface area contributed by atoms with E-state index in [-0.39, 0.29) is 54.2 Å². The standard InChI is InChI=1S/C23H18O12/c1-2-30-35-14(10-29-19(24)13-4-6-16-18(8-13)23(28)34-21(16)26)11-32-31-9-12-3-5-15-17(7-12)22(27)33-20(15)25/h3-8,14H,2,9-11H2,1H3. The number of cyclic esters (lactones) is 4. The van der Waals surface area contributed by atoms with Crippen LogP contribution in [0.5, 0.6) is 0 Å². The minimum atomic E-state index is -0.868. The summed E-state index contributed by atoms with van der Waals surface area (Å²) in [7, 11) is 0. The van der Waals surface area contributed by atoms with Crippen molar-refractivity contribution in [1.82, 2.24) is 0 Å². The summed E-state index contributed by atoms with van der Waals surface area (Å²) < 4.78 is 14.2. The van der Waals surface area contributed by atoms with Crippen LogP contribution in [0.3, 0.4) is 0 Å². The van der Waals surface area contributed by atoms with E-state index in [9.17, 15) is 24.0 Å². The molecule has 12 nitrogen and oxygen atoms in total. The number of carbonyl (C=O) groups is 5. The van der Waals surface area contributed by atoms with Gasteiger partial charge in [0.2, 0.25) is 0 Å². The fourth-order valence-electron chi connectivity index (χ4n) is 3.19. The van der Waals surface area contributed by atoms with Gasteiger partial charge in [0.15, 0.2) is 6.10 Å². The third-order valence-corrected chi connectivity index (χ3v) is 4.87. The quantitative estimate of drug-likeness (QED) is 0.114. The Kier molecular flexibility index (Phi) is 7.27. The molecule has 2 aromatic rings. The Morgan fingerprint density at radius 1 is 0.771 bits per heavy atom. The van der Waals surface area contributed by atoms with Crippen LogP contribution in [0, 0.1) is 0 Å². The number of esters is 5. The molecule has 182 valence electrons. The normalized spacial score (nSPS) is 14.9. The van der Waals surface area contributed by atoms with Gasteiger partial charge in [-0.2, -0.15) is 0 Å². The van der Waals surface area contributed by atoms with Gasteiger partial charge < -0.3 is 14.2 Å². The molecular weight excluding hydrogens is 468 g/mol. The summed E-state index contributed by atoms with van der Waals surface area (Å²) in [4.78, 5) is 78.9. The molecule has 0 aromatic heterocycles. The molecule has 2 heterocycles. The lowest BCUT2D eigenvalue weighted by Crippen LogP contribution is -2.27. The summed E-state index contributed by atoms with van der Waals surface area (Å²) in [6.45, 7) is 1.38. The minimum Gasteiger partial charge on any atom is -0.459 e. The molecule has 0 radical (unpaired) electrons. The smallest absolute Gasteiger partial charge is 0.346 e. The van der Waals surface area contributed by atoms with E-state index < -0.39 is 36.0 Å². The summed E-state index contributed by atoms with van der Waals surface area (Å²) in [6.07, 6.45) is -0.868. The molecular formula is C23H18O12. The van der Waals surface area contributed by atoms with Gasteiger partial charge in [0, 0.05) is 0 Å². The number of fused-ring (bicyclic) bond motifs is 2. The van der Waals surface area contributed by atoms with E-state index in [1.54, 1.807) is 13.0 Å². The first kappa shape index (κ1) is 24.2. The lowest BCUT2D eigenvalue weighted by Gasteiger charge is -2.16. The van der Waals surface area contributed by atoms with Gasteiger partial charge in [-0.15, -0.1) is 0 Å². The van der Waals surface area contributed by atoms with Crippen molar-refractivity contribution in [3.05, 3.63) is 69.8 Å².